The average Bonchev–Trinajstić information content (AvgIpc) is 2.94. The van der Waals surface area contributed by atoms with Gasteiger partial charge in [-0.25, -0.2) is 9.18 Å². The molecule has 0 atom stereocenters. The lowest BCUT2D eigenvalue weighted by molar-refractivity contribution is 0.130. The Balaban J connectivity index is 1.26. The summed E-state index contributed by atoms with van der Waals surface area (Å²) in [4.78, 5) is 23.4. The van der Waals surface area contributed by atoms with Crippen molar-refractivity contribution < 1.29 is 13.9 Å². The van der Waals surface area contributed by atoms with Gasteiger partial charge in [0, 0.05) is 80.2 Å². The molecule has 2 aromatic heterocycles. The van der Waals surface area contributed by atoms with Gasteiger partial charge < -0.3 is 19.9 Å². The molecule has 9 nitrogen and oxygen atoms in total. The van der Waals surface area contributed by atoms with Crippen molar-refractivity contribution in [1.82, 2.24) is 29.9 Å². The Labute approximate surface area is 231 Å². The zero-order chi connectivity index (χ0) is 27.4. The number of anilines is 2. The van der Waals surface area contributed by atoms with Crippen LogP contribution in [0.4, 0.5) is 20.6 Å². The van der Waals surface area contributed by atoms with Crippen LogP contribution in [0.5, 0.6) is 5.75 Å². The molecule has 0 radical (unpaired) electrons. The molecule has 0 spiro atoms. The van der Waals surface area contributed by atoms with Crippen molar-refractivity contribution in [1.29, 1.82) is 0 Å². The molecule has 1 saturated heterocycles. The van der Waals surface area contributed by atoms with Crippen LogP contribution in [0.3, 0.4) is 0 Å². The maximum Gasteiger partial charge on any atom is 0.415 e. The largest absolute Gasteiger partial charge is 0.415 e. The quantitative estimate of drug-likeness (QED) is 0.348. The molecule has 1 amide bonds. The molecule has 0 unspecified atom stereocenters. The molecule has 1 fully saturated rings. The van der Waals surface area contributed by atoms with Gasteiger partial charge in [-0.15, -0.1) is 0 Å². The summed E-state index contributed by atoms with van der Waals surface area (Å²) in [5.41, 5.74) is 2.63. The molecule has 39 heavy (non-hydrogen) atoms. The first-order valence-corrected chi connectivity index (χ1v) is 13.0. The number of amides is 1. The van der Waals surface area contributed by atoms with E-state index in [9.17, 15) is 9.18 Å². The van der Waals surface area contributed by atoms with E-state index < -0.39 is 11.9 Å². The van der Waals surface area contributed by atoms with Gasteiger partial charge in [0.05, 0.1) is 23.1 Å². The average molecular weight is 550 g/mol. The normalized spacial score (nSPS) is 14.4. The maximum atomic E-state index is 14.3. The second-order valence-corrected chi connectivity index (χ2v) is 9.99. The van der Waals surface area contributed by atoms with E-state index in [-0.39, 0.29) is 5.56 Å². The smallest absolute Gasteiger partial charge is 0.410 e. The predicted molar refractivity (Wildman–Crippen MR) is 150 cm³/mol. The summed E-state index contributed by atoms with van der Waals surface area (Å²) in [6, 6.07) is 13.1. The minimum Gasteiger partial charge on any atom is -0.410 e. The lowest BCUT2D eigenvalue weighted by atomic mass is 10.1. The monoisotopic (exact) mass is 549 g/mol. The fraction of sp³-hybridized carbons (Fsp3) is 0.286. The standard InChI is InChI=1S/C28H29ClFN7O2/c1-35-9-12-37(13-10-35)14-11-36(2)28(38)39-21-4-5-22-25(7-8-31-26(22)17-21)33-20-16-27(34-32-18-20)23-15-19(29)3-6-24(23)30/h3-8,15-18H,9-14H2,1-2H3,(H,31,33,34). The number of likely N-dealkylation sites (N-methyl/N-ethyl adjacent to an activating group) is 2. The number of fused-ring (bicyclic) bond motifs is 1. The van der Waals surface area contributed by atoms with Gasteiger partial charge in [0.1, 0.15) is 11.6 Å². The summed E-state index contributed by atoms with van der Waals surface area (Å²) in [6.07, 6.45) is 2.79. The lowest BCUT2D eigenvalue weighted by Crippen LogP contribution is -2.47. The van der Waals surface area contributed by atoms with Crippen LogP contribution in [0.15, 0.2) is 60.9 Å². The molecule has 0 saturated carbocycles. The number of hydrogen-bond acceptors (Lipinski definition) is 8. The number of benzene rings is 2. The van der Waals surface area contributed by atoms with Gasteiger partial charge in [-0.05, 0) is 49.5 Å². The molecule has 0 aliphatic carbocycles. The highest BCUT2D eigenvalue weighted by Crippen LogP contribution is 2.30. The number of rotatable bonds is 7. The number of carbonyl (C=O) groups excluding carboxylic acids is 1. The van der Waals surface area contributed by atoms with Crippen LogP contribution in [-0.2, 0) is 0 Å². The molecule has 0 bridgehead atoms. The number of hydrogen-bond donors (Lipinski definition) is 1. The van der Waals surface area contributed by atoms with Crippen LogP contribution in [0.25, 0.3) is 22.2 Å². The highest BCUT2D eigenvalue weighted by atomic mass is 35.5. The molecule has 3 heterocycles. The predicted octanol–water partition coefficient (Wildman–Crippen LogP) is 4.91. The number of piperazine rings is 1. The summed E-state index contributed by atoms with van der Waals surface area (Å²) < 4.78 is 20.0. The SMILES string of the molecule is CN1CCN(CCN(C)C(=O)Oc2ccc3c(Nc4cnnc(-c5cc(Cl)ccc5F)c4)ccnc3c2)CC1. The number of aromatic nitrogens is 3. The van der Waals surface area contributed by atoms with E-state index in [1.54, 1.807) is 42.5 Å². The Bertz CT molecular complexity index is 1480. The highest BCUT2D eigenvalue weighted by molar-refractivity contribution is 6.30. The van der Waals surface area contributed by atoms with Crippen LogP contribution in [0.1, 0.15) is 0 Å². The Morgan fingerprint density at radius 2 is 1.95 bits per heavy atom. The van der Waals surface area contributed by atoms with E-state index >= 15 is 0 Å². The molecule has 1 aliphatic heterocycles. The van der Waals surface area contributed by atoms with Crippen LogP contribution in [0.2, 0.25) is 5.02 Å². The molecule has 5 rings (SSSR count). The third kappa shape index (κ3) is 6.59. The highest BCUT2D eigenvalue weighted by Gasteiger charge is 2.17. The van der Waals surface area contributed by atoms with E-state index in [4.69, 9.17) is 16.3 Å². The Hall–Kier alpha value is -3.86. The van der Waals surface area contributed by atoms with Crippen molar-refractivity contribution in [2.45, 2.75) is 0 Å². The Morgan fingerprint density at radius 3 is 2.77 bits per heavy atom. The van der Waals surface area contributed by atoms with Gasteiger partial charge in [-0.3, -0.25) is 9.88 Å². The van der Waals surface area contributed by atoms with Gasteiger partial charge in [-0.1, -0.05) is 11.6 Å². The van der Waals surface area contributed by atoms with Crippen molar-refractivity contribution in [3.05, 3.63) is 71.8 Å². The van der Waals surface area contributed by atoms with E-state index in [2.05, 4.69) is 37.3 Å². The molecule has 1 N–H and O–H groups in total. The van der Waals surface area contributed by atoms with Gasteiger partial charge in [0.25, 0.3) is 0 Å². The van der Waals surface area contributed by atoms with E-state index in [0.29, 0.717) is 34.2 Å². The lowest BCUT2D eigenvalue weighted by Gasteiger charge is -2.33. The first-order chi connectivity index (χ1) is 18.9. The third-order valence-electron chi connectivity index (χ3n) is 6.72. The van der Waals surface area contributed by atoms with Crippen molar-refractivity contribution in [3.63, 3.8) is 0 Å². The van der Waals surface area contributed by atoms with E-state index in [1.165, 1.54) is 18.2 Å². The van der Waals surface area contributed by atoms with Crippen molar-refractivity contribution in [2.24, 2.45) is 0 Å². The van der Waals surface area contributed by atoms with Crippen LogP contribution in [0, 0.1) is 5.82 Å². The zero-order valence-corrected chi connectivity index (χ0v) is 22.5. The zero-order valence-electron chi connectivity index (χ0n) is 21.8. The second kappa shape index (κ2) is 11.9. The minimum absolute atomic E-state index is 0.262. The Kier molecular flexibility index (Phi) is 8.16. The summed E-state index contributed by atoms with van der Waals surface area (Å²) in [7, 11) is 3.86. The fourth-order valence-corrected chi connectivity index (χ4v) is 4.52. The molecule has 2 aromatic carbocycles. The van der Waals surface area contributed by atoms with Crippen molar-refractivity contribution in [3.8, 4) is 17.0 Å². The Morgan fingerprint density at radius 1 is 1.13 bits per heavy atom. The van der Waals surface area contributed by atoms with Crippen LogP contribution < -0.4 is 10.1 Å². The summed E-state index contributed by atoms with van der Waals surface area (Å²) >= 11 is 6.04. The second-order valence-electron chi connectivity index (χ2n) is 9.55. The van der Waals surface area contributed by atoms with Gasteiger partial charge >= 0.3 is 6.09 Å². The van der Waals surface area contributed by atoms with Crippen LogP contribution in [-0.4, -0.2) is 89.3 Å². The summed E-state index contributed by atoms with van der Waals surface area (Å²) in [6.45, 7) is 5.47. The number of halogens is 2. The van der Waals surface area contributed by atoms with Crippen LogP contribution >= 0.6 is 11.6 Å². The van der Waals surface area contributed by atoms with E-state index in [1.807, 2.05) is 12.1 Å². The number of nitrogens with one attached hydrogen (secondary N) is 1. The number of carbonyl (C=O) groups is 1. The summed E-state index contributed by atoms with van der Waals surface area (Å²) in [5.74, 6) is -0.0276. The van der Waals surface area contributed by atoms with Crippen molar-refractivity contribution in [2.75, 3.05) is 58.7 Å². The number of pyridine rings is 1. The maximum absolute atomic E-state index is 14.3. The van der Waals surface area contributed by atoms with Crippen molar-refractivity contribution >= 4 is 40.0 Å². The molecule has 4 aromatic rings. The van der Waals surface area contributed by atoms with E-state index in [0.717, 1.165) is 43.8 Å². The summed E-state index contributed by atoms with van der Waals surface area (Å²) in [5, 5.41) is 12.6. The first-order valence-electron chi connectivity index (χ1n) is 12.6. The number of nitrogens with zero attached hydrogens (tertiary/aromatic N) is 6. The number of ether oxygens (including phenoxy) is 1. The molecule has 1 aliphatic rings. The molecular weight excluding hydrogens is 521 g/mol. The molecular formula is C28H29ClFN7O2. The van der Waals surface area contributed by atoms with Gasteiger partial charge in [0.15, 0.2) is 0 Å². The third-order valence-corrected chi connectivity index (χ3v) is 6.95. The topological polar surface area (TPSA) is 86.7 Å². The van der Waals surface area contributed by atoms with Gasteiger partial charge in [0.2, 0.25) is 0 Å². The molecule has 202 valence electrons. The first kappa shape index (κ1) is 26.7. The minimum atomic E-state index is -0.438. The molecule has 11 heteroatoms. The van der Waals surface area contributed by atoms with Gasteiger partial charge in [-0.2, -0.15) is 10.2 Å². The fourth-order valence-electron chi connectivity index (χ4n) is 4.35.